The number of carboxylic acids is 2. The van der Waals surface area contributed by atoms with E-state index in [9.17, 15) is 19.8 Å². The minimum absolute atomic E-state index is 0.0331. The number of nitrogens with zero attached hydrogens (tertiary/aromatic N) is 2. The summed E-state index contributed by atoms with van der Waals surface area (Å²) in [5.41, 5.74) is 2.32. The smallest absolute Gasteiger partial charge is 0.334 e. The van der Waals surface area contributed by atoms with Crippen molar-refractivity contribution in [1.82, 2.24) is 14.9 Å². The van der Waals surface area contributed by atoms with Gasteiger partial charge in [-0.25, -0.2) is 14.6 Å². The number of hydrogen-bond acceptors (Lipinski definition) is 4. The Balaban J connectivity index is 2.20. The number of aromatic nitrogens is 2. The first kappa shape index (κ1) is 16.5. The summed E-state index contributed by atoms with van der Waals surface area (Å²) in [7, 11) is 0. The van der Waals surface area contributed by atoms with Gasteiger partial charge in [0.25, 0.3) is 0 Å². The summed E-state index contributed by atoms with van der Waals surface area (Å²) in [5.74, 6) is -3.15. The van der Waals surface area contributed by atoms with Gasteiger partial charge < -0.3 is 20.1 Å². The van der Waals surface area contributed by atoms with E-state index in [1.807, 2.05) is 6.07 Å². The highest BCUT2D eigenvalue weighted by Gasteiger charge is 2.36. The van der Waals surface area contributed by atoms with E-state index < -0.39 is 17.9 Å². The van der Waals surface area contributed by atoms with Crippen LogP contribution in [-0.2, 0) is 9.59 Å². The molecule has 7 heteroatoms. The van der Waals surface area contributed by atoms with Crippen molar-refractivity contribution in [2.75, 3.05) is 0 Å². The molecule has 1 aliphatic heterocycles. The minimum atomic E-state index is -1.14. The number of allylic oxidation sites excluding steroid dienone is 2. The number of dihydropyridines is 1. The Morgan fingerprint density at radius 3 is 2.28 bits per heavy atom. The van der Waals surface area contributed by atoms with Gasteiger partial charge in [-0.1, -0.05) is 12.1 Å². The van der Waals surface area contributed by atoms with E-state index in [-0.39, 0.29) is 11.1 Å². The van der Waals surface area contributed by atoms with E-state index in [1.54, 1.807) is 55.3 Å². The molecule has 0 saturated carbocycles. The topological polar surface area (TPSA) is 104 Å². The molecule has 1 aliphatic rings. The van der Waals surface area contributed by atoms with Crippen molar-refractivity contribution in [2.24, 2.45) is 0 Å². The lowest BCUT2D eigenvalue weighted by molar-refractivity contribution is -0.133. The predicted octanol–water partition coefficient (Wildman–Crippen LogP) is 2.28. The SMILES string of the molecule is CC1=C(C(=O)O)C(c2cccc(-n3ccnc3)c2)C(C(=O)O)=C(C)N1. The van der Waals surface area contributed by atoms with Crippen LogP contribution in [0.3, 0.4) is 0 Å². The third kappa shape index (κ3) is 2.91. The summed E-state index contributed by atoms with van der Waals surface area (Å²) in [6.07, 6.45) is 5.02. The van der Waals surface area contributed by atoms with Gasteiger partial charge in [0.2, 0.25) is 0 Å². The van der Waals surface area contributed by atoms with Gasteiger partial charge in [-0.15, -0.1) is 0 Å². The fourth-order valence-corrected chi connectivity index (χ4v) is 3.17. The lowest BCUT2D eigenvalue weighted by Gasteiger charge is -2.29. The highest BCUT2D eigenvalue weighted by molar-refractivity contribution is 5.98. The van der Waals surface area contributed by atoms with Crippen LogP contribution in [0.25, 0.3) is 5.69 Å². The maximum Gasteiger partial charge on any atom is 0.334 e. The monoisotopic (exact) mass is 339 g/mol. The molecule has 2 aromatic rings. The van der Waals surface area contributed by atoms with Crippen LogP contribution in [0.4, 0.5) is 0 Å². The molecule has 0 bridgehead atoms. The molecule has 2 heterocycles. The van der Waals surface area contributed by atoms with Crippen LogP contribution in [0.15, 0.2) is 65.5 Å². The molecule has 0 radical (unpaired) electrons. The molecular weight excluding hydrogens is 322 g/mol. The quantitative estimate of drug-likeness (QED) is 0.789. The number of imidazole rings is 1. The normalized spacial score (nSPS) is 15.3. The first-order chi connectivity index (χ1) is 11.9. The van der Waals surface area contributed by atoms with E-state index >= 15 is 0 Å². The van der Waals surface area contributed by atoms with Crippen molar-refractivity contribution >= 4 is 11.9 Å². The van der Waals surface area contributed by atoms with Crippen molar-refractivity contribution < 1.29 is 19.8 Å². The molecule has 0 saturated heterocycles. The van der Waals surface area contributed by atoms with Crippen molar-refractivity contribution in [3.8, 4) is 5.69 Å². The number of aliphatic carboxylic acids is 2. The van der Waals surface area contributed by atoms with Gasteiger partial charge in [0.05, 0.1) is 23.4 Å². The number of benzene rings is 1. The summed E-state index contributed by atoms with van der Waals surface area (Å²) in [5, 5.41) is 22.2. The second-order valence-corrected chi connectivity index (χ2v) is 5.81. The Bertz CT molecular complexity index is 874. The van der Waals surface area contributed by atoms with Crippen LogP contribution in [0.2, 0.25) is 0 Å². The van der Waals surface area contributed by atoms with Crippen LogP contribution < -0.4 is 5.32 Å². The Morgan fingerprint density at radius 2 is 1.76 bits per heavy atom. The molecule has 25 heavy (non-hydrogen) atoms. The van der Waals surface area contributed by atoms with Gasteiger partial charge in [-0.05, 0) is 31.5 Å². The molecule has 3 N–H and O–H groups in total. The Hall–Kier alpha value is -3.35. The number of nitrogens with one attached hydrogen (secondary N) is 1. The molecule has 0 unspecified atom stereocenters. The first-order valence-electron chi connectivity index (χ1n) is 7.63. The zero-order valence-corrected chi connectivity index (χ0v) is 13.7. The number of rotatable bonds is 4. The summed E-state index contributed by atoms with van der Waals surface area (Å²) in [6, 6.07) is 7.14. The predicted molar refractivity (Wildman–Crippen MR) is 90.1 cm³/mol. The fraction of sp³-hybridized carbons (Fsp3) is 0.167. The zero-order chi connectivity index (χ0) is 18.1. The van der Waals surface area contributed by atoms with Crippen LogP contribution >= 0.6 is 0 Å². The third-order valence-corrected chi connectivity index (χ3v) is 4.23. The van der Waals surface area contributed by atoms with E-state index in [2.05, 4.69) is 10.3 Å². The molecule has 0 spiro atoms. The summed E-state index contributed by atoms with van der Waals surface area (Å²) >= 11 is 0. The zero-order valence-electron chi connectivity index (χ0n) is 13.7. The molecule has 3 rings (SSSR count). The van der Waals surface area contributed by atoms with Gasteiger partial charge in [-0.2, -0.15) is 0 Å². The van der Waals surface area contributed by atoms with Crippen LogP contribution in [0.5, 0.6) is 0 Å². The van der Waals surface area contributed by atoms with Crippen molar-refractivity contribution in [1.29, 1.82) is 0 Å². The third-order valence-electron chi connectivity index (χ3n) is 4.23. The number of carboxylic acid groups (broad SMARTS) is 2. The van der Waals surface area contributed by atoms with Gasteiger partial charge in [0.15, 0.2) is 0 Å². The molecule has 0 amide bonds. The van der Waals surface area contributed by atoms with E-state index in [1.165, 1.54) is 0 Å². The highest BCUT2D eigenvalue weighted by atomic mass is 16.4. The average Bonchev–Trinajstić information content (AvgIpc) is 3.07. The molecule has 128 valence electrons. The van der Waals surface area contributed by atoms with E-state index in [0.717, 1.165) is 5.69 Å². The summed E-state index contributed by atoms with van der Waals surface area (Å²) in [6.45, 7) is 3.27. The van der Waals surface area contributed by atoms with Crippen LogP contribution in [-0.4, -0.2) is 31.7 Å². The summed E-state index contributed by atoms with van der Waals surface area (Å²) < 4.78 is 1.78. The highest BCUT2D eigenvalue weighted by Crippen LogP contribution is 2.38. The van der Waals surface area contributed by atoms with Gasteiger partial charge in [0, 0.05) is 29.5 Å². The van der Waals surface area contributed by atoms with Crippen LogP contribution in [0.1, 0.15) is 25.3 Å². The van der Waals surface area contributed by atoms with Gasteiger partial charge in [0.1, 0.15) is 0 Å². The molecule has 1 aromatic heterocycles. The van der Waals surface area contributed by atoms with E-state index in [0.29, 0.717) is 17.0 Å². The van der Waals surface area contributed by atoms with Crippen molar-refractivity contribution in [3.05, 3.63) is 71.1 Å². The van der Waals surface area contributed by atoms with Crippen molar-refractivity contribution in [3.63, 3.8) is 0 Å². The van der Waals surface area contributed by atoms with Gasteiger partial charge in [-0.3, -0.25) is 0 Å². The Kier molecular flexibility index (Phi) is 4.14. The molecule has 0 fully saturated rings. The molecule has 1 aromatic carbocycles. The number of hydrogen-bond donors (Lipinski definition) is 3. The number of carbonyl (C=O) groups is 2. The second-order valence-electron chi connectivity index (χ2n) is 5.81. The Labute approximate surface area is 143 Å². The molecule has 0 atom stereocenters. The maximum atomic E-state index is 11.8. The lowest BCUT2D eigenvalue weighted by Crippen LogP contribution is -2.31. The van der Waals surface area contributed by atoms with E-state index in [4.69, 9.17) is 0 Å². The van der Waals surface area contributed by atoms with Crippen LogP contribution in [0, 0.1) is 0 Å². The molecule has 0 aliphatic carbocycles. The standard InChI is InChI=1S/C18H17N3O4/c1-10-14(17(22)23)16(15(18(24)25)11(2)20-10)12-4-3-5-13(8-12)21-7-6-19-9-21/h3-9,16,20H,1-2H3,(H,22,23)(H,24,25). The second kappa shape index (κ2) is 6.27. The maximum absolute atomic E-state index is 11.8. The van der Waals surface area contributed by atoms with Crippen molar-refractivity contribution in [2.45, 2.75) is 19.8 Å². The first-order valence-corrected chi connectivity index (χ1v) is 7.63. The molecular formula is C18H17N3O4. The Morgan fingerprint density at radius 1 is 1.12 bits per heavy atom. The average molecular weight is 339 g/mol. The molecule has 7 nitrogen and oxygen atoms in total. The summed E-state index contributed by atoms with van der Waals surface area (Å²) in [4.78, 5) is 27.6. The minimum Gasteiger partial charge on any atom is -0.478 e. The van der Waals surface area contributed by atoms with Gasteiger partial charge >= 0.3 is 11.9 Å². The largest absolute Gasteiger partial charge is 0.478 e. The fourth-order valence-electron chi connectivity index (χ4n) is 3.17. The lowest BCUT2D eigenvalue weighted by atomic mass is 9.80.